The second kappa shape index (κ2) is 9.10. The first-order valence-electron chi connectivity index (χ1n) is 10.1. The number of hydrogen-bond acceptors (Lipinski definition) is 6. The van der Waals surface area contributed by atoms with E-state index in [0.29, 0.717) is 16.5 Å². The Morgan fingerprint density at radius 3 is 2.73 bits per heavy atom. The average Bonchev–Trinajstić information content (AvgIpc) is 3.04. The van der Waals surface area contributed by atoms with Crippen LogP contribution in [0.4, 0.5) is 10.2 Å². The standard InChI is InChI=1S/C21H25BrFN5O.Co/c1-13-8-18(29)20-19(13)21(26-12-25-20)28-6-4-27(5-7-28)11-14(10-24)16-3-2-15(22)9-17(16)23;/h2-3,9,12-14,18,29H,4-8,10,24H2,1H3;/t13-,14+,18+;/m1./s1. The Balaban J connectivity index is 1.48. The second-order valence-corrected chi connectivity index (χ2v) is 9.33. The number of piperazine rings is 1. The van der Waals surface area contributed by atoms with Crippen molar-refractivity contribution < 1.29 is 24.8 Å². The number of nitrogens with zero attached hydrogens (tertiary/aromatic N) is 4. The number of aliphatic hydroxyl groups excluding tert-OH is 1. The summed E-state index contributed by atoms with van der Waals surface area (Å²) >= 11 is 8.11. The number of aliphatic hydroxyl groups is 1. The van der Waals surface area contributed by atoms with E-state index in [1.54, 1.807) is 12.4 Å². The van der Waals surface area contributed by atoms with Crippen LogP contribution in [0.3, 0.4) is 0 Å². The van der Waals surface area contributed by atoms with Gasteiger partial charge in [-0.15, -0.1) is 0 Å². The monoisotopic (exact) mass is 520 g/mol. The van der Waals surface area contributed by atoms with E-state index in [1.807, 2.05) is 6.07 Å². The van der Waals surface area contributed by atoms with Crippen molar-refractivity contribution in [3.63, 3.8) is 0 Å². The number of hydrogen-bond donors (Lipinski definition) is 2. The van der Waals surface area contributed by atoms with Gasteiger partial charge in [0.2, 0.25) is 0 Å². The molecule has 0 amide bonds. The number of nitrogens with two attached hydrogens (primary N) is 1. The average molecular weight is 521 g/mol. The fourth-order valence-corrected chi connectivity index (χ4v) is 5.27. The summed E-state index contributed by atoms with van der Waals surface area (Å²) in [7, 11) is 0. The number of aromatic nitrogens is 2. The van der Waals surface area contributed by atoms with Crippen LogP contribution >= 0.6 is 15.9 Å². The predicted octanol–water partition coefficient (Wildman–Crippen LogP) is 2.46. The van der Waals surface area contributed by atoms with Gasteiger partial charge < -0.3 is 0 Å². The van der Waals surface area contributed by atoms with Gasteiger partial charge in [-0.05, 0) is 0 Å². The first-order chi connectivity index (χ1) is 14.4. The third-order valence-electron chi connectivity index (χ3n) is 5.99. The van der Waals surface area contributed by atoms with Crippen LogP contribution in [0, 0.1) is 5.82 Å². The Labute approximate surface area is 191 Å². The van der Waals surface area contributed by atoms with Crippen molar-refractivity contribution in [2.45, 2.75) is 31.3 Å². The first kappa shape index (κ1) is 22.0. The maximum absolute atomic E-state index is 14.5. The molecule has 0 bridgehead atoms. The minimum absolute atomic E-state index is 0.234. The summed E-state index contributed by atoms with van der Waals surface area (Å²) < 4.78 is 16.0. The van der Waals surface area contributed by atoms with Crippen molar-refractivity contribution in [3.8, 4) is 0 Å². The third-order valence-corrected chi connectivity index (χ3v) is 7.18. The summed E-state index contributed by atoms with van der Waals surface area (Å²) in [6.45, 7) is 5.38. The molecule has 30 heavy (non-hydrogen) atoms. The third kappa shape index (κ3) is 4.11. The molecule has 6 nitrogen and oxygen atoms in total. The van der Waals surface area contributed by atoms with Crippen LogP contribution in [0.2, 0.25) is 0 Å². The summed E-state index contributed by atoms with van der Waals surface area (Å²) in [6.07, 6.45) is 1.71. The van der Waals surface area contributed by atoms with Crippen LogP contribution < -0.4 is 10.6 Å². The van der Waals surface area contributed by atoms with Crippen molar-refractivity contribution in [1.82, 2.24) is 14.9 Å². The van der Waals surface area contributed by atoms with Crippen molar-refractivity contribution in [3.05, 3.63) is 51.6 Å². The zero-order valence-electron chi connectivity index (χ0n) is 16.7. The van der Waals surface area contributed by atoms with Gasteiger partial charge in [0.05, 0.1) is 0 Å². The Bertz CT molecular complexity index is 953. The van der Waals surface area contributed by atoms with Gasteiger partial charge in [0.15, 0.2) is 0 Å². The van der Waals surface area contributed by atoms with Crippen molar-refractivity contribution in [1.29, 1.82) is 0 Å². The van der Waals surface area contributed by atoms with Crippen LogP contribution in [0.25, 0.3) is 0 Å². The van der Waals surface area contributed by atoms with E-state index in [4.69, 9.17) is 21.0 Å². The number of halogens is 2. The fourth-order valence-electron chi connectivity index (χ4n) is 4.42. The zero-order chi connectivity index (χ0) is 21.4. The van der Waals surface area contributed by atoms with Gasteiger partial charge in [0.1, 0.15) is 0 Å². The Hall–Kier alpha value is -1.23. The molecule has 3 N–H and O–H groups in total. The molecule has 2 aliphatic rings. The molecular formula is C21H25BrCoFN5O. The molecular weight excluding hydrogens is 496 g/mol. The van der Waals surface area contributed by atoms with Crippen molar-refractivity contribution in [2.75, 3.05) is 37.6 Å². The molecule has 2 aromatic rings. The van der Waals surface area contributed by atoms with Crippen LogP contribution in [0.15, 0.2) is 29.0 Å². The molecule has 3 atom stereocenters. The van der Waals surface area contributed by atoms with E-state index in [-0.39, 0.29) is 24.2 Å². The predicted molar refractivity (Wildman–Crippen MR) is 115 cm³/mol. The van der Waals surface area contributed by atoms with E-state index in [1.165, 1.54) is 6.07 Å². The van der Waals surface area contributed by atoms with Gasteiger partial charge in [-0.2, -0.15) is 0 Å². The fraction of sp³-hybridized carbons (Fsp3) is 0.476. The minimum atomic E-state index is -0.513. The van der Waals surface area contributed by atoms with Crippen molar-refractivity contribution in [2.24, 2.45) is 5.73 Å². The number of rotatable bonds is 5. The normalized spacial score (nSPS) is 22.8. The Kier molecular flexibility index (Phi) is 6.66. The van der Waals surface area contributed by atoms with E-state index >= 15 is 0 Å². The van der Waals surface area contributed by atoms with Gasteiger partial charge in [0.25, 0.3) is 0 Å². The van der Waals surface area contributed by atoms with Crippen LogP contribution in [-0.4, -0.2) is 57.3 Å². The van der Waals surface area contributed by atoms with Gasteiger partial charge in [-0.25, -0.2) is 0 Å². The van der Waals surface area contributed by atoms with Gasteiger partial charge in [-0.3, -0.25) is 0 Å². The Morgan fingerprint density at radius 1 is 1.33 bits per heavy atom. The molecule has 1 aliphatic heterocycles. The number of benzene rings is 1. The van der Waals surface area contributed by atoms with Gasteiger partial charge in [-0.1, -0.05) is 0 Å². The molecule has 9 heteroatoms. The SMILES string of the molecule is C[C@@H]1C[C@H](O)c2ncnc(N3CCN([C](=[Co])[C@H](CN)c4ccc(Br)cc4F)CC3)c21. The Morgan fingerprint density at radius 2 is 2.07 bits per heavy atom. The van der Waals surface area contributed by atoms with Crippen molar-refractivity contribution >= 4 is 26.3 Å². The molecule has 2 heterocycles. The summed E-state index contributed by atoms with van der Waals surface area (Å²) in [6, 6.07) is 5.05. The van der Waals surface area contributed by atoms with Crippen LogP contribution in [-0.2, 0) is 15.3 Å². The molecule has 4 rings (SSSR count). The van der Waals surface area contributed by atoms with Gasteiger partial charge in [0, 0.05) is 0 Å². The van der Waals surface area contributed by atoms with Crippen LogP contribution in [0.5, 0.6) is 0 Å². The van der Waals surface area contributed by atoms with E-state index in [0.717, 1.165) is 47.8 Å². The molecule has 163 valence electrons. The molecule has 1 saturated heterocycles. The maximum atomic E-state index is 14.5. The van der Waals surface area contributed by atoms with Gasteiger partial charge >= 0.3 is 192 Å². The number of fused-ring (bicyclic) bond motifs is 1. The second-order valence-electron chi connectivity index (χ2n) is 7.88. The first-order valence-corrected chi connectivity index (χ1v) is 11.4. The molecule has 0 unspecified atom stereocenters. The quantitative estimate of drug-likeness (QED) is 0.630. The molecule has 1 aromatic heterocycles. The molecule has 1 aromatic carbocycles. The summed E-state index contributed by atoms with van der Waals surface area (Å²) in [5.41, 5.74) is 8.37. The zero-order valence-corrected chi connectivity index (χ0v) is 19.3. The van der Waals surface area contributed by atoms with E-state index < -0.39 is 6.10 Å². The summed E-state index contributed by atoms with van der Waals surface area (Å²) in [4.78, 5) is 13.2. The van der Waals surface area contributed by atoms with E-state index in [2.05, 4.69) is 42.6 Å². The molecule has 0 spiro atoms. The topological polar surface area (TPSA) is 78.5 Å². The number of anilines is 1. The van der Waals surface area contributed by atoms with E-state index in [9.17, 15) is 9.50 Å². The molecule has 0 radical (unpaired) electrons. The molecule has 1 aliphatic carbocycles. The summed E-state index contributed by atoms with van der Waals surface area (Å²) in [5, 5.41) is 10.2. The molecule has 1 fully saturated rings. The van der Waals surface area contributed by atoms with Crippen LogP contribution in [0.1, 0.15) is 48.1 Å². The molecule has 0 saturated carbocycles. The summed E-state index contributed by atoms with van der Waals surface area (Å²) in [5.74, 6) is 0.576.